The van der Waals surface area contributed by atoms with Gasteiger partial charge in [0.05, 0.1) is 32.4 Å². The number of amides is 1. The molecule has 8 heteroatoms. The Balaban J connectivity index is 2.07. The Hall–Kier alpha value is -1.43. The summed E-state index contributed by atoms with van der Waals surface area (Å²) in [6, 6.07) is 2.09. The zero-order valence-electron chi connectivity index (χ0n) is 13.3. The van der Waals surface area contributed by atoms with Gasteiger partial charge in [0.2, 0.25) is 0 Å². The number of rotatable bonds is 7. The van der Waals surface area contributed by atoms with Crippen molar-refractivity contribution in [2.45, 2.75) is 44.2 Å². The van der Waals surface area contributed by atoms with E-state index in [0.717, 1.165) is 39.9 Å². The zero-order chi connectivity index (χ0) is 16.8. The third-order valence-electron chi connectivity index (χ3n) is 3.03. The van der Waals surface area contributed by atoms with Crippen LogP contribution >= 0.6 is 34.4 Å². The molecule has 0 aliphatic heterocycles. The highest BCUT2D eigenvalue weighted by molar-refractivity contribution is 8.01. The van der Waals surface area contributed by atoms with Crippen LogP contribution in [-0.2, 0) is 6.42 Å². The molecule has 0 aliphatic carbocycles. The van der Waals surface area contributed by atoms with E-state index in [9.17, 15) is 4.79 Å². The van der Waals surface area contributed by atoms with Crippen LogP contribution in [0.1, 0.15) is 45.8 Å². The third-order valence-corrected chi connectivity index (χ3v) is 6.55. The minimum absolute atomic E-state index is 0.159. The molecule has 0 saturated heterocycles. The van der Waals surface area contributed by atoms with Crippen molar-refractivity contribution in [3.63, 3.8) is 0 Å². The Bertz CT molecular complexity index is 730. The van der Waals surface area contributed by atoms with E-state index in [4.69, 9.17) is 5.26 Å². The minimum atomic E-state index is -0.159. The second kappa shape index (κ2) is 8.43. The van der Waals surface area contributed by atoms with E-state index in [-0.39, 0.29) is 5.91 Å². The highest BCUT2D eigenvalue weighted by atomic mass is 32.2. The Morgan fingerprint density at radius 1 is 1.30 bits per heavy atom. The summed E-state index contributed by atoms with van der Waals surface area (Å²) < 4.78 is 0.964. The van der Waals surface area contributed by atoms with Gasteiger partial charge in [-0.15, -0.1) is 11.3 Å². The number of thiazole rings is 2. The molecule has 0 aromatic carbocycles. The summed E-state index contributed by atoms with van der Waals surface area (Å²) in [4.78, 5) is 21.9. The standard InChI is InChI=1S/C15H18N4OS3/c1-4-5-6-11-17-9(2)12(22-11)13(20)19-15-18-10(3)14(23-15)21-8-7-16/h4-6,8H2,1-3H3,(H,18,19,20). The number of nitrogens with zero attached hydrogens (tertiary/aromatic N) is 3. The van der Waals surface area contributed by atoms with Crippen LogP contribution in [0.5, 0.6) is 0 Å². The molecular formula is C15H18N4OS3. The Labute approximate surface area is 148 Å². The molecule has 0 aliphatic rings. The zero-order valence-corrected chi connectivity index (χ0v) is 15.8. The first-order chi connectivity index (χ1) is 11.0. The number of hydrogen-bond acceptors (Lipinski definition) is 7. The van der Waals surface area contributed by atoms with Gasteiger partial charge in [-0.2, -0.15) is 5.26 Å². The molecule has 0 spiro atoms. The number of aromatic nitrogens is 2. The van der Waals surface area contributed by atoms with E-state index in [0.29, 0.717) is 15.8 Å². The first-order valence-electron chi connectivity index (χ1n) is 7.30. The van der Waals surface area contributed by atoms with E-state index >= 15 is 0 Å². The summed E-state index contributed by atoms with van der Waals surface area (Å²) in [7, 11) is 0. The molecular weight excluding hydrogens is 348 g/mol. The lowest BCUT2D eigenvalue weighted by Crippen LogP contribution is -2.11. The topological polar surface area (TPSA) is 78.7 Å². The lowest BCUT2D eigenvalue weighted by Gasteiger charge is -1.98. The normalized spacial score (nSPS) is 10.5. The van der Waals surface area contributed by atoms with Gasteiger partial charge >= 0.3 is 0 Å². The molecule has 122 valence electrons. The van der Waals surface area contributed by atoms with Gasteiger partial charge in [0.1, 0.15) is 4.88 Å². The predicted molar refractivity (Wildman–Crippen MR) is 96.6 cm³/mol. The van der Waals surface area contributed by atoms with Crippen LogP contribution in [0.15, 0.2) is 4.21 Å². The highest BCUT2D eigenvalue weighted by Gasteiger charge is 2.17. The second-order valence-corrected chi connectivity index (χ2v) is 8.25. The molecule has 23 heavy (non-hydrogen) atoms. The van der Waals surface area contributed by atoms with Crippen molar-refractivity contribution in [3.8, 4) is 6.07 Å². The molecule has 2 rings (SSSR count). The number of hydrogen-bond donors (Lipinski definition) is 1. The average molecular weight is 367 g/mol. The van der Waals surface area contributed by atoms with Crippen LogP contribution < -0.4 is 5.32 Å². The number of carbonyl (C=O) groups excluding carboxylic acids is 1. The van der Waals surface area contributed by atoms with E-state index in [1.165, 1.54) is 34.4 Å². The summed E-state index contributed by atoms with van der Waals surface area (Å²) >= 11 is 4.30. The van der Waals surface area contributed by atoms with Crippen molar-refractivity contribution < 1.29 is 4.79 Å². The van der Waals surface area contributed by atoms with E-state index in [1.807, 2.05) is 13.8 Å². The van der Waals surface area contributed by atoms with Crippen molar-refractivity contribution in [2.24, 2.45) is 0 Å². The van der Waals surface area contributed by atoms with E-state index in [2.05, 4.69) is 28.3 Å². The van der Waals surface area contributed by atoms with Crippen molar-refractivity contribution in [3.05, 3.63) is 21.3 Å². The lowest BCUT2D eigenvalue weighted by molar-refractivity contribution is 0.103. The quantitative estimate of drug-likeness (QED) is 0.734. The highest BCUT2D eigenvalue weighted by Crippen LogP contribution is 2.32. The molecule has 5 nitrogen and oxygen atoms in total. The van der Waals surface area contributed by atoms with Gasteiger partial charge in [-0.1, -0.05) is 36.4 Å². The van der Waals surface area contributed by atoms with Crippen molar-refractivity contribution in [1.82, 2.24) is 9.97 Å². The van der Waals surface area contributed by atoms with Crippen molar-refractivity contribution in [1.29, 1.82) is 5.26 Å². The smallest absolute Gasteiger partial charge is 0.269 e. The van der Waals surface area contributed by atoms with Gasteiger partial charge in [0.25, 0.3) is 5.91 Å². The Kier molecular flexibility index (Phi) is 6.57. The fourth-order valence-corrected chi connectivity index (χ4v) is 4.72. The molecule has 1 N–H and O–H groups in total. The third kappa shape index (κ3) is 4.77. The van der Waals surface area contributed by atoms with Crippen LogP contribution in [0.25, 0.3) is 0 Å². The summed E-state index contributed by atoms with van der Waals surface area (Å²) in [6.07, 6.45) is 3.11. The number of carbonyl (C=O) groups is 1. The first-order valence-corrected chi connectivity index (χ1v) is 9.91. The van der Waals surface area contributed by atoms with Crippen LogP contribution in [0.2, 0.25) is 0 Å². The van der Waals surface area contributed by atoms with Gasteiger partial charge in [-0.25, -0.2) is 9.97 Å². The summed E-state index contributed by atoms with van der Waals surface area (Å²) in [5.74, 6) is 0.221. The number of nitrogens with one attached hydrogen (secondary N) is 1. The molecule has 0 bridgehead atoms. The monoisotopic (exact) mass is 366 g/mol. The van der Waals surface area contributed by atoms with Crippen LogP contribution in [0.3, 0.4) is 0 Å². The number of anilines is 1. The number of unbranched alkanes of at least 4 members (excludes halogenated alkanes) is 1. The van der Waals surface area contributed by atoms with E-state index in [1.54, 1.807) is 0 Å². The average Bonchev–Trinajstić information content (AvgIpc) is 3.05. The van der Waals surface area contributed by atoms with Crippen LogP contribution in [-0.4, -0.2) is 21.6 Å². The molecule has 2 aromatic rings. The summed E-state index contributed by atoms with van der Waals surface area (Å²) in [6.45, 7) is 5.88. The SMILES string of the molecule is CCCCc1nc(C)c(C(=O)Nc2nc(C)c(SCC#N)s2)s1. The fraction of sp³-hybridized carbons (Fsp3) is 0.467. The Morgan fingerprint density at radius 2 is 2.09 bits per heavy atom. The van der Waals surface area contributed by atoms with Crippen molar-refractivity contribution in [2.75, 3.05) is 11.1 Å². The lowest BCUT2D eigenvalue weighted by atomic mass is 10.3. The van der Waals surface area contributed by atoms with Crippen LogP contribution in [0.4, 0.5) is 5.13 Å². The van der Waals surface area contributed by atoms with Crippen LogP contribution in [0, 0.1) is 25.2 Å². The second-order valence-electron chi connectivity index (χ2n) is 4.92. The number of thioether (sulfide) groups is 1. The largest absolute Gasteiger partial charge is 0.297 e. The maximum atomic E-state index is 12.4. The van der Waals surface area contributed by atoms with Gasteiger partial charge in [-0.05, 0) is 26.7 Å². The van der Waals surface area contributed by atoms with Gasteiger partial charge in [0, 0.05) is 0 Å². The van der Waals surface area contributed by atoms with Gasteiger partial charge in [0.15, 0.2) is 5.13 Å². The summed E-state index contributed by atoms with van der Waals surface area (Å²) in [5, 5.41) is 13.1. The minimum Gasteiger partial charge on any atom is -0.297 e. The summed E-state index contributed by atoms with van der Waals surface area (Å²) in [5.41, 5.74) is 1.61. The maximum absolute atomic E-state index is 12.4. The van der Waals surface area contributed by atoms with Crippen molar-refractivity contribution >= 4 is 45.5 Å². The molecule has 0 unspecified atom stereocenters. The molecule has 0 saturated carbocycles. The molecule has 0 radical (unpaired) electrons. The first kappa shape index (κ1) is 17.9. The van der Waals surface area contributed by atoms with Gasteiger partial charge in [-0.3, -0.25) is 10.1 Å². The molecule has 1 amide bonds. The van der Waals surface area contributed by atoms with E-state index < -0.39 is 0 Å². The molecule has 2 aromatic heterocycles. The molecule has 0 fully saturated rings. The molecule has 2 heterocycles. The maximum Gasteiger partial charge on any atom is 0.269 e. The predicted octanol–water partition coefficient (Wildman–Crippen LogP) is 4.43. The number of aryl methyl sites for hydroxylation is 3. The Morgan fingerprint density at radius 3 is 2.78 bits per heavy atom. The number of nitriles is 1. The fourth-order valence-electron chi connectivity index (χ4n) is 1.92. The molecule has 0 atom stereocenters. The van der Waals surface area contributed by atoms with Gasteiger partial charge < -0.3 is 0 Å².